The molecule has 2 amide bonds. The highest BCUT2D eigenvalue weighted by Gasteiger charge is 2.24. The average molecular weight is 362 g/mol. The molecule has 0 fully saturated rings. The Bertz CT molecular complexity index is 788. The van der Waals surface area contributed by atoms with E-state index in [2.05, 4.69) is 15.3 Å². The normalized spacial score (nSPS) is 13.4. The highest BCUT2D eigenvalue weighted by molar-refractivity contribution is 7.99. The van der Waals surface area contributed by atoms with E-state index in [0.29, 0.717) is 10.6 Å². The molecule has 3 rings (SSSR count). The summed E-state index contributed by atoms with van der Waals surface area (Å²) in [6, 6.07) is 1.83. The zero-order valence-electron chi connectivity index (χ0n) is 13.3. The van der Waals surface area contributed by atoms with Crippen LogP contribution in [0, 0.1) is 6.92 Å². The Hall–Kier alpha value is -1.93. The first kappa shape index (κ1) is 16.9. The van der Waals surface area contributed by atoms with Gasteiger partial charge in [-0.25, -0.2) is 9.97 Å². The van der Waals surface area contributed by atoms with Gasteiger partial charge in [0, 0.05) is 10.6 Å². The van der Waals surface area contributed by atoms with Gasteiger partial charge >= 0.3 is 0 Å². The molecule has 0 atom stereocenters. The number of thiophene rings is 1. The number of nitrogens with one attached hydrogen (secondary N) is 1. The lowest BCUT2D eigenvalue weighted by Gasteiger charge is -2.11. The summed E-state index contributed by atoms with van der Waals surface area (Å²) in [5.41, 5.74) is 7.90. The van der Waals surface area contributed by atoms with E-state index in [-0.39, 0.29) is 11.7 Å². The number of carbonyl (C=O) groups excluding carboxylic acids is 2. The summed E-state index contributed by atoms with van der Waals surface area (Å²) in [5, 5.41) is 4.18. The largest absolute Gasteiger partial charge is 0.365 e. The van der Waals surface area contributed by atoms with Gasteiger partial charge < -0.3 is 11.1 Å². The maximum absolute atomic E-state index is 12.2. The Morgan fingerprint density at radius 1 is 1.33 bits per heavy atom. The van der Waals surface area contributed by atoms with Gasteiger partial charge in [0.05, 0.1) is 11.3 Å². The van der Waals surface area contributed by atoms with Crippen molar-refractivity contribution in [1.29, 1.82) is 0 Å². The van der Waals surface area contributed by atoms with Crippen molar-refractivity contribution in [1.82, 2.24) is 9.97 Å². The maximum atomic E-state index is 12.2. The predicted octanol–water partition coefficient (Wildman–Crippen LogP) is 2.56. The minimum Gasteiger partial charge on any atom is -0.365 e. The molecule has 2 aromatic heterocycles. The number of thioether (sulfide) groups is 1. The molecule has 2 heterocycles. The first-order chi connectivity index (χ1) is 11.5. The molecular weight excluding hydrogens is 344 g/mol. The molecule has 0 aliphatic heterocycles. The fraction of sp³-hybridized carbons (Fsp3) is 0.375. The third-order valence-corrected chi connectivity index (χ3v) is 5.93. The summed E-state index contributed by atoms with van der Waals surface area (Å²) in [7, 11) is 0. The number of amides is 2. The average Bonchev–Trinajstić information content (AvgIpc) is 2.91. The Labute approximate surface area is 148 Å². The second kappa shape index (κ2) is 7.31. The van der Waals surface area contributed by atoms with Crippen molar-refractivity contribution in [2.75, 3.05) is 11.1 Å². The van der Waals surface area contributed by atoms with Crippen molar-refractivity contribution < 1.29 is 9.59 Å². The van der Waals surface area contributed by atoms with Gasteiger partial charge in [0.2, 0.25) is 5.91 Å². The van der Waals surface area contributed by atoms with Crippen molar-refractivity contribution in [2.24, 2.45) is 5.73 Å². The molecule has 6 nitrogen and oxygen atoms in total. The van der Waals surface area contributed by atoms with Crippen LogP contribution in [0.25, 0.3) is 0 Å². The number of fused-ring (bicyclic) bond motifs is 1. The quantitative estimate of drug-likeness (QED) is 0.629. The molecule has 8 heteroatoms. The first-order valence-electron chi connectivity index (χ1n) is 7.70. The molecule has 0 spiro atoms. The molecule has 3 N–H and O–H groups in total. The van der Waals surface area contributed by atoms with E-state index in [1.807, 2.05) is 13.0 Å². The number of nitrogens with zero attached hydrogens (tertiary/aromatic N) is 2. The second-order valence-electron chi connectivity index (χ2n) is 5.61. The van der Waals surface area contributed by atoms with E-state index in [1.54, 1.807) is 0 Å². The van der Waals surface area contributed by atoms with Crippen LogP contribution >= 0.6 is 23.1 Å². The zero-order valence-corrected chi connectivity index (χ0v) is 14.9. The van der Waals surface area contributed by atoms with Crippen molar-refractivity contribution in [2.45, 2.75) is 37.6 Å². The van der Waals surface area contributed by atoms with Gasteiger partial charge in [-0.3, -0.25) is 9.59 Å². The summed E-state index contributed by atoms with van der Waals surface area (Å²) < 4.78 is 0. The monoisotopic (exact) mass is 362 g/mol. The van der Waals surface area contributed by atoms with Crippen LogP contribution in [0.2, 0.25) is 0 Å². The number of anilines is 1. The van der Waals surface area contributed by atoms with Crippen LogP contribution in [0.5, 0.6) is 0 Å². The number of hydrogen-bond acceptors (Lipinski definition) is 6. The molecule has 2 aromatic rings. The molecular formula is C16H18N4O2S2. The van der Waals surface area contributed by atoms with Crippen molar-refractivity contribution in [3.05, 3.63) is 34.1 Å². The van der Waals surface area contributed by atoms with E-state index in [0.717, 1.165) is 42.0 Å². The topological polar surface area (TPSA) is 98.0 Å². The third kappa shape index (κ3) is 3.76. The number of hydrogen-bond donors (Lipinski definition) is 2. The van der Waals surface area contributed by atoms with Crippen LogP contribution in [0.3, 0.4) is 0 Å². The van der Waals surface area contributed by atoms with Crippen LogP contribution in [0.4, 0.5) is 5.00 Å². The minimum atomic E-state index is -0.469. The highest BCUT2D eigenvalue weighted by Crippen LogP contribution is 2.38. The minimum absolute atomic E-state index is 0.169. The fourth-order valence-corrected chi connectivity index (χ4v) is 4.76. The van der Waals surface area contributed by atoms with Gasteiger partial charge in [-0.1, -0.05) is 11.8 Å². The highest BCUT2D eigenvalue weighted by atomic mass is 32.2. The van der Waals surface area contributed by atoms with Gasteiger partial charge in [0.25, 0.3) is 5.91 Å². The fourth-order valence-electron chi connectivity index (χ4n) is 2.73. The van der Waals surface area contributed by atoms with Gasteiger partial charge in [-0.2, -0.15) is 0 Å². The van der Waals surface area contributed by atoms with Crippen molar-refractivity contribution in [3.63, 3.8) is 0 Å². The maximum Gasteiger partial charge on any atom is 0.251 e. The smallest absolute Gasteiger partial charge is 0.251 e. The zero-order chi connectivity index (χ0) is 17.1. The Balaban J connectivity index is 1.70. The SMILES string of the molecule is Cc1cc(SCC(=O)Nc2sc3c(c2C(N)=O)CCCC3)ncn1. The lowest BCUT2D eigenvalue weighted by atomic mass is 9.95. The summed E-state index contributed by atoms with van der Waals surface area (Å²) in [4.78, 5) is 33.4. The molecule has 0 bridgehead atoms. The lowest BCUT2D eigenvalue weighted by molar-refractivity contribution is -0.113. The van der Waals surface area contributed by atoms with E-state index in [4.69, 9.17) is 5.73 Å². The van der Waals surface area contributed by atoms with E-state index >= 15 is 0 Å². The number of primary amides is 1. The number of aromatic nitrogens is 2. The van der Waals surface area contributed by atoms with E-state index in [9.17, 15) is 9.59 Å². The molecule has 24 heavy (non-hydrogen) atoms. The molecule has 0 unspecified atom stereocenters. The molecule has 1 aliphatic rings. The Morgan fingerprint density at radius 2 is 2.12 bits per heavy atom. The Kier molecular flexibility index (Phi) is 5.15. The molecule has 1 aliphatic carbocycles. The Morgan fingerprint density at radius 3 is 2.88 bits per heavy atom. The molecule has 0 radical (unpaired) electrons. The van der Waals surface area contributed by atoms with Gasteiger partial charge in [0.1, 0.15) is 16.4 Å². The summed E-state index contributed by atoms with van der Waals surface area (Å²) in [6.45, 7) is 1.88. The third-order valence-electron chi connectivity index (χ3n) is 3.80. The van der Waals surface area contributed by atoms with Crippen LogP contribution in [0.1, 0.15) is 39.3 Å². The summed E-state index contributed by atoms with van der Waals surface area (Å²) in [5.74, 6) is -0.418. The van der Waals surface area contributed by atoms with Gasteiger partial charge in [-0.05, 0) is 44.2 Å². The summed E-state index contributed by atoms with van der Waals surface area (Å²) >= 11 is 2.81. The van der Waals surface area contributed by atoms with E-state index in [1.165, 1.54) is 34.3 Å². The van der Waals surface area contributed by atoms with Crippen molar-refractivity contribution in [3.8, 4) is 0 Å². The van der Waals surface area contributed by atoms with Gasteiger partial charge in [-0.15, -0.1) is 11.3 Å². The molecule has 0 aromatic carbocycles. The number of nitrogens with two attached hydrogens (primary N) is 1. The van der Waals surface area contributed by atoms with Crippen LogP contribution in [-0.4, -0.2) is 27.5 Å². The molecule has 0 saturated carbocycles. The number of rotatable bonds is 5. The summed E-state index contributed by atoms with van der Waals surface area (Å²) in [6.07, 6.45) is 5.45. The molecule has 126 valence electrons. The van der Waals surface area contributed by atoms with Crippen molar-refractivity contribution >= 4 is 39.9 Å². The van der Waals surface area contributed by atoms with Crippen LogP contribution < -0.4 is 11.1 Å². The molecule has 0 saturated heterocycles. The van der Waals surface area contributed by atoms with E-state index < -0.39 is 5.91 Å². The number of aryl methyl sites for hydroxylation is 2. The first-order valence-corrected chi connectivity index (χ1v) is 9.50. The van der Waals surface area contributed by atoms with Crippen LogP contribution in [-0.2, 0) is 17.6 Å². The number of carbonyl (C=O) groups is 2. The van der Waals surface area contributed by atoms with Crippen LogP contribution in [0.15, 0.2) is 17.4 Å². The van der Waals surface area contributed by atoms with Gasteiger partial charge in [0.15, 0.2) is 0 Å². The lowest BCUT2D eigenvalue weighted by Crippen LogP contribution is -2.19. The second-order valence-corrected chi connectivity index (χ2v) is 7.71. The standard InChI is InChI=1S/C16H18N4O2S2/c1-9-6-13(19-8-18-9)23-7-12(21)20-16-14(15(17)22)10-4-2-3-5-11(10)24-16/h6,8H,2-5,7H2,1H3,(H2,17,22)(H,20,21). The predicted molar refractivity (Wildman–Crippen MR) is 95.6 cm³/mol.